The van der Waals surface area contributed by atoms with E-state index in [1.165, 1.54) is 18.2 Å². The maximum absolute atomic E-state index is 12.8. The van der Waals surface area contributed by atoms with Crippen LogP contribution in [0.25, 0.3) is 11.0 Å². The second-order valence-electron chi connectivity index (χ2n) is 2.85. The topological polar surface area (TPSA) is 30.2 Å². The average molecular weight is 212 g/mol. The van der Waals surface area contributed by atoms with Crippen LogP contribution in [-0.4, -0.2) is 13.5 Å². The third-order valence-corrected chi connectivity index (χ3v) is 2.04. The zero-order chi connectivity index (χ0) is 11.4. The van der Waals surface area contributed by atoms with Gasteiger partial charge >= 0.3 is 0 Å². The molecule has 0 N–H and O–H groups in total. The quantitative estimate of drug-likeness (QED) is 0.679. The lowest BCUT2D eigenvalue weighted by Gasteiger charge is -1.88. The molecule has 0 radical (unpaired) electrons. The molecule has 4 heteroatoms. The van der Waals surface area contributed by atoms with Crippen LogP contribution in [0.4, 0.5) is 8.78 Å². The molecule has 2 nitrogen and oxygen atoms in total. The van der Waals surface area contributed by atoms with Crippen LogP contribution in [0.5, 0.6) is 0 Å². The van der Waals surface area contributed by atoms with Gasteiger partial charge in [0.1, 0.15) is 11.4 Å². The Bertz CT molecular complexity index is 475. The number of carbonyl (C=O) groups is 1. The Morgan fingerprint density at radius 3 is 2.60 bits per heavy atom. The van der Waals surface area contributed by atoms with E-state index in [2.05, 4.69) is 0 Å². The predicted octanol–water partition coefficient (Wildman–Crippen LogP) is 3.28. The minimum atomic E-state index is -0.325. The Morgan fingerprint density at radius 2 is 2.00 bits per heavy atom. The van der Waals surface area contributed by atoms with Crippen LogP contribution in [0, 0.1) is 12.7 Å². The van der Waals surface area contributed by atoms with E-state index in [-0.39, 0.29) is 11.6 Å². The Hall–Kier alpha value is -1.71. The molecular formula is C11H10F2O2. The van der Waals surface area contributed by atoms with Crippen molar-refractivity contribution in [3.63, 3.8) is 0 Å². The molecule has 0 aliphatic carbocycles. The second kappa shape index (κ2) is 4.68. The largest absolute Gasteiger partial charge is 0.453 e. The van der Waals surface area contributed by atoms with Crippen LogP contribution < -0.4 is 0 Å². The summed E-state index contributed by atoms with van der Waals surface area (Å²) in [6.45, 7) is 1.73. The number of halogens is 2. The van der Waals surface area contributed by atoms with Crippen molar-refractivity contribution in [1.82, 2.24) is 0 Å². The number of aryl methyl sites for hydroxylation is 1. The highest BCUT2D eigenvalue weighted by Gasteiger charge is 2.09. The minimum absolute atomic E-state index is 0.264. The number of benzene rings is 1. The fraction of sp³-hybridized carbons (Fsp3) is 0.182. The zero-order valence-electron chi connectivity index (χ0n) is 8.38. The van der Waals surface area contributed by atoms with Crippen LogP contribution in [0.1, 0.15) is 16.1 Å². The monoisotopic (exact) mass is 212 g/mol. The summed E-state index contributed by atoms with van der Waals surface area (Å²) in [7, 11) is 0.500. The van der Waals surface area contributed by atoms with Crippen molar-refractivity contribution in [2.75, 3.05) is 7.18 Å². The summed E-state index contributed by atoms with van der Waals surface area (Å²) in [5, 5.41) is 0.655. The summed E-state index contributed by atoms with van der Waals surface area (Å²) in [5.74, 6) is -0.0607. The van der Waals surface area contributed by atoms with Gasteiger partial charge in [-0.3, -0.25) is 9.18 Å². The van der Waals surface area contributed by atoms with Crippen LogP contribution in [0.2, 0.25) is 0 Å². The molecule has 0 saturated carbocycles. The lowest BCUT2D eigenvalue weighted by atomic mass is 10.1. The Kier molecular flexibility index (Phi) is 3.55. The summed E-state index contributed by atoms with van der Waals surface area (Å²) < 4.78 is 27.5. The fourth-order valence-electron chi connectivity index (χ4n) is 1.32. The van der Waals surface area contributed by atoms with Gasteiger partial charge in [-0.2, -0.15) is 0 Å². The van der Waals surface area contributed by atoms with Gasteiger partial charge in [-0.1, -0.05) is 0 Å². The third kappa shape index (κ3) is 2.03. The first-order valence-electron chi connectivity index (χ1n) is 4.24. The van der Waals surface area contributed by atoms with Crippen molar-refractivity contribution in [2.45, 2.75) is 6.92 Å². The zero-order valence-corrected chi connectivity index (χ0v) is 8.38. The first-order valence-corrected chi connectivity index (χ1v) is 4.24. The normalized spacial score (nSPS) is 9.60. The van der Waals surface area contributed by atoms with E-state index in [0.717, 1.165) is 0 Å². The molecule has 15 heavy (non-hydrogen) atoms. The van der Waals surface area contributed by atoms with Gasteiger partial charge in [0.25, 0.3) is 0 Å². The highest BCUT2D eigenvalue weighted by molar-refractivity contribution is 5.89. The van der Waals surface area contributed by atoms with E-state index >= 15 is 0 Å². The van der Waals surface area contributed by atoms with Gasteiger partial charge in [-0.25, -0.2) is 4.39 Å². The van der Waals surface area contributed by atoms with Gasteiger partial charge in [-0.05, 0) is 25.1 Å². The van der Waals surface area contributed by atoms with E-state index in [4.69, 9.17) is 4.42 Å². The Balaban J connectivity index is 0.000000531. The SMILES string of the molecule is CF.Cc1c(C=O)oc2ccc(F)cc12. The number of fused-ring (bicyclic) bond motifs is 1. The standard InChI is InChI=1S/C10H7FO2.CH3F/c1-6-8-4-7(11)2-3-9(8)13-10(6)5-12;1-2/h2-5H,1H3;1H3. The number of hydrogen-bond donors (Lipinski definition) is 0. The number of alkyl halides is 1. The molecule has 0 atom stereocenters. The molecule has 0 spiro atoms. The minimum Gasteiger partial charge on any atom is -0.453 e. The molecule has 0 bridgehead atoms. The molecule has 0 aliphatic heterocycles. The van der Waals surface area contributed by atoms with E-state index in [1.54, 1.807) is 6.92 Å². The van der Waals surface area contributed by atoms with Gasteiger partial charge in [0.05, 0.1) is 7.18 Å². The van der Waals surface area contributed by atoms with Crippen molar-refractivity contribution in [3.8, 4) is 0 Å². The summed E-state index contributed by atoms with van der Waals surface area (Å²) in [5.41, 5.74) is 1.23. The molecule has 0 saturated heterocycles. The molecular weight excluding hydrogens is 202 g/mol. The molecule has 2 aromatic rings. The third-order valence-electron chi connectivity index (χ3n) is 2.04. The number of carbonyl (C=O) groups excluding carboxylic acids is 1. The smallest absolute Gasteiger partial charge is 0.185 e. The molecule has 1 aromatic heterocycles. The first kappa shape index (κ1) is 11.4. The Morgan fingerprint density at radius 1 is 1.33 bits per heavy atom. The molecule has 0 aliphatic rings. The van der Waals surface area contributed by atoms with Gasteiger partial charge in [-0.15, -0.1) is 0 Å². The highest BCUT2D eigenvalue weighted by atomic mass is 19.1. The summed E-state index contributed by atoms with van der Waals surface area (Å²) in [4.78, 5) is 10.5. The number of aldehydes is 1. The molecule has 0 unspecified atom stereocenters. The van der Waals surface area contributed by atoms with E-state index < -0.39 is 0 Å². The summed E-state index contributed by atoms with van der Waals surface area (Å²) >= 11 is 0. The number of furan rings is 1. The maximum atomic E-state index is 12.8. The molecule has 0 fully saturated rings. The predicted molar refractivity (Wildman–Crippen MR) is 53.3 cm³/mol. The van der Waals surface area contributed by atoms with Crippen molar-refractivity contribution in [3.05, 3.63) is 35.3 Å². The van der Waals surface area contributed by atoms with Crippen LogP contribution in [0.15, 0.2) is 22.6 Å². The van der Waals surface area contributed by atoms with E-state index in [9.17, 15) is 13.6 Å². The average Bonchev–Trinajstić information content (AvgIpc) is 2.59. The van der Waals surface area contributed by atoms with Crippen molar-refractivity contribution in [2.24, 2.45) is 0 Å². The second-order valence-corrected chi connectivity index (χ2v) is 2.85. The molecule has 1 aromatic carbocycles. The maximum Gasteiger partial charge on any atom is 0.185 e. The number of rotatable bonds is 1. The Labute approximate surface area is 85.5 Å². The molecule has 0 amide bonds. The van der Waals surface area contributed by atoms with Crippen molar-refractivity contribution in [1.29, 1.82) is 0 Å². The summed E-state index contributed by atoms with van der Waals surface area (Å²) in [6, 6.07) is 4.19. The van der Waals surface area contributed by atoms with Gasteiger partial charge in [0, 0.05) is 10.9 Å². The van der Waals surface area contributed by atoms with Gasteiger partial charge in [0.15, 0.2) is 12.0 Å². The fourth-order valence-corrected chi connectivity index (χ4v) is 1.32. The van der Waals surface area contributed by atoms with Crippen molar-refractivity contribution < 1.29 is 18.0 Å². The highest BCUT2D eigenvalue weighted by Crippen LogP contribution is 2.24. The molecule has 80 valence electrons. The first-order chi connectivity index (χ1) is 7.22. The van der Waals surface area contributed by atoms with Crippen LogP contribution >= 0.6 is 0 Å². The molecule has 1 heterocycles. The summed E-state index contributed by atoms with van der Waals surface area (Å²) in [6.07, 6.45) is 0.632. The van der Waals surface area contributed by atoms with Gasteiger partial charge in [0.2, 0.25) is 0 Å². The molecule has 2 rings (SSSR count). The van der Waals surface area contributed by atoms with E-state index in [0.29, 0.717) is 30.0 Å². The lowest BCUT2D eigenvalue weighted by Crippen LogP contribution is -1.77. The lowest BCUT2D eigenvalue weighted by molar-refractivity contribution is 0.110. The van der Waals surface area contributed by atoms with Crippen LogP contribution in [-0.2, 0) is 0 Å². The van der Waals surface area contributed by atoms with Crippen molar-refractivity contribution >= 4 is 17.3 Å². The van der Waals surface area contributed by atoms with Gasteiger partial charge < -0.3 is 4.42 Å². The van der Waals surface area contributed by atoms with E-state index in [1.807, 2.05) is 0 Å². The number of hydrogen-bond acceptors (Lipinski definition) is 2. The van der Waals surface area contributed by atoms with Crippen LogP contribution in [0.3, 0.4) is 0 Å².